The Labute approximate surface area is 107 Å². The first-order chi connectivity index (χ1) is 7.82. The van der Waals surface area contributed by atoms with Crippen LogP contribution in [0.5, 0.6) is 0 Å². The summed E-state index contributed by atoms with van der Waals surface area (Å²) in [7, 11) is 0. The highest BCUT2D eigenvalue weighted by Gasteiger charge is 2.47. The van der Waals surface area contributed by atoms with Crippen molar-refractivity contribution in [3.63, 3.8) is 0 Å². The number of aliphatic hydroxyl groups is 1. The summed E-state index contributed by atoms with van der Waals surface area (Å²) in [5.41, 5.74) is 1.14. The number of hydrogen-bond acceptors (Lipinski definition) is 4. The Hall–Kier alpha value is -0.450. The Bertz CT molecular complexity index is 414. The number of aromatic nitrogens is 1. The van der Waals surface area contributed by atoms with Gasteiger partial charge in [-0.15, -0.1) is 11.3 Å². The molecule has 0 saturated heterocycles. The molecule has 3 atom stereocenters. The quantitative estimate of drug-likeness (QED) is 0.871. The molecule has 0 aliphatic heterocycles. The predicted molar refractivity (Wildman–Crippen MR) is 71.3 cm³/mol. The van der Waals surface area contributed by atoms with E-state index in [1.165, 1.54) is 4.88 Å². The van der Waals surface area contributed by atoms with Gasteiger partial charge in [0.2, 0.25) is 0 Å². The van der Waals surface area contributed by atoms with Crippen LogP contribution >= 0.6 is 11.3 Å². The third-order valence-electron chi connectivity index (χ3n) is 4.02. The lowest BCUT2D eigenvalue weighted by Gasteiger charge is -2.50. The molecule has 0 bridgehead atoms. The molecule has 2 rings (SSSR count). The van der Waals surface area contributed by atoms with Crippen molar-refractivity contribution in [2.24, 2.45) is 5.41 Å². The summed E-state index contributed by atoms with van der Waals surface area (Å²) in [5.74, 6) is 0. The first kappa shape index (κ1) is 13.0. The van der Waals surface area contributed by atoms with Gasteiger partial charge >= 0.3 is 0 Å². The van der Waals surface area contributed by atoms with Crippen molar-refractivity contribution in [3.05, 3.63) is 15.6 Å². The molecule has 96 valence electrons. The van der Waals surface area contributed by atoms with Crippen LogP contribution in [0.1, 0.15) is 48.8 Å². The van der Waals surface area contributed by atoms with Crippen LogP contribution < -0.4 is 5.32 Å². The first-order valence-corrected chi connectivity index (χ1v) is 7.02. The van der Waals surface area contributed by atoms with E-state index in [2.05, 4.69) is 38.0 Å². The molecule has 0 spiro atoms. The van der Waals surface area contributed by atoms with Gasteiger partial charge in [-0.2, -0.15) is 0 Å². The summed E-state index contributed by atoms with van der Waals surface area (Å²) in [4.78, 5) is 5.87. The zero-order valence-electron chi connectivity index (χ0n) is 11.2. The molecule has 0 aromatic carbocycles. The summed E-state index contributed by atoms with van der Waals surface area (Å²) >= 11 is 1.75. The van der Waals surface area contributed by atoms with E-state index in [-0.39, 0.29) is 17.6 Å². The highest BCUT2D eigenvalue weighted by atomic mass is 32.1. The van der Waals surface area contributed by atoms with E-state index < -0.39 is 0 Å². The summed E-state index contributed by atoms with van der Waals surface area (Å²) in [6.45, 7) is 10.6. The normalized spacial score (nSPS) is 28.8. The van der Waals surface area contributed by atoms with E-state index >= 15 is 0 Å². The summed E-state index contributed by atoms with van der Waals surface area (Å²) in [6, 6.07) is 0.644. The van der Waals surface area contributed by atoms with Crippen molar-refractivity contribution in [1.29, 1.82) is 0 Å². The maximum atomic E-state index is 9.73. The number of aryl methyl sites for hydroxylation is 2. The van der Waals surface area contributed by atoms with Crippen LogP contribution in [-0.2, 0) is 0 Å². The molecule has 4 heteroatoms. The van der Waals surface area contributed by atoms with E-state index in [4.69, 9.17) is 0 Å². The molecule has 3 unspecified atom stereocenters. The lowest BCUT2D eigenvalue weighted by molar-refractivity contribution is -0.0756. The van der Waals surface area contributed by atoms with Crippen LogP contribution in [0.2, 0.25) is 0 Å². The van der Waals surface area contributed by atoms with Gasteiger partial charge in [0, 0.05) is 22.4 Å². The van der Waals surface area contributed by atoms with Gasteiger partial charge in [0.05, 0.1) is 16.8 Å². The molecule has 3 nitrogen and oxygen atoms in total. The van der Waals surface area contributed by atoms with E-state index in [1.54, 1.807) is 11.3 Å². The van der Waals surface area contributed by atoms with Crippen molar-refractivity contribution >= 4 is 11.3 Å². The van der Waals surface area contributed by atoms with Crippen molar-refractivity contribution in [3.8, 4) is 0 Å². The van der Waals surface area contributed by atoms with E-state index in [0.717, 1.165) is 17.1 Å². The minimum Gasteiger partial charge on any atom is -0.392 e. The second kappa shape index (κ2) is 4.34. The largest absolute Gasteiger partial charge is 0.392 e. The highest BCUT2D eigenvalue weighted by molar-refractivity contribution is 7.11. The second-order valence-corrected chi connectivity index (χ2v) is 7.10. The summed E-state index contributed by atoms with van der Waals surface area (Å²) in [5, 5.41) is 14.5. The van der Waals surface area contributed by atoms with Gasteiger partial charge < -0.3 is 10.4 Å². The number of aliphatic hydroxyl groups excluding tert-OH is 1. The molecule has 1 fully saturated rings. The maximum Gasteiger partial charge on any atom is 0.0900 e. The molecular weight excluding hydrogens is 232 g/mol. The number of nitrogens with one attached hydrogen (secondary N) is 1. The number of nitrogens with zero attached hydrogens (tertiary/aromatic N) is 1. The van der Waals surface area contributed by atoms with Crippen LogP contribution in [0.25, 0.3) is 0 Å². The average Bonchev–Trinajstić information content (AvgIpc) is 2.57. The smallest absolute Gasteiger partial charge is 0.0900 e. The molecule has 1 heterocycles. The second-order valence-electron chi connectivity index (χ2n) is 5.69. The average molecular weight is 254 g/mol. The molecule has 1 aliphatic rings. The zero-order valence-corrected chi connectivity index (χ0v) is 12.1. The fourth-order valence-corrected chi connectivity index (χ4v) is 3.43. The summed E-state index contributed by atoms with van der Waals surface area (Å²) in [6.07, 6.45) is 0.671. The Kier molecular flexibility index (Phi) is 3.31. The van der Waals surface area contributed by atoms with Gasteiger partial charge in [0.1, 0.15) is 0 Å². The van der Waals surface area contributed by atoms with Gasteiger partial charge in [-0.25, -0.2) is 4.98 Å². The molecule has 1 aromatic rings. The lowest BCUT2D eigenvalue weighted by atomic mass is 9.64. The van der Waals surface area contributed by atoms with E-state index in [0.29, 0.717) is 6.04 Å². The van der Waals surface area contributed by atoms with Crippen molar-refractivity contribution in [2.45, 2.75) is 59.2 Å². The van der Waals surface area contributed by atoms with Gasteiger partial charge in [0.15, 0.2) is 0 Å². The van der Waals surface area contributed by atoms with Crippen LogP contribution in [-0.4, -0.2) is 22.2 Å². The van der Waals surface area contributed by atoms with Crippen molar-refractivity contribution in [2.75, 3.05) is 0 Å². The Balaban J connectivity index is 2.03. The molecule has 2 N–H and O–H groups in total. The number of hydrogen-bond donors (Lipinski definition) is 2. The number of thiazole rings is 1. The topological polar surface area (TPSA) is 45.2 Å². The predicted octanol–water partition coefficient (Wildman–Crippen LogP) is 2.57. The third-order valence-corrected chi connectivity index (χ3v) is 4.92. The fourth-order valence-electron chi connectivity index (χ4n) is 2.51. The van der Waals surface area contributed by atoms with E-state index in [9.17, 15) is 5.11 Å². The van der Waals surface area contributed by atoms with Gasteiger partial charge in [-0.1, -0.05) is 13.8 Å². The van der Waals surface area contributed by atoms with Crippen LogP contribution in [0.3, 0.4) is 0 Å². The van der Waals surface area contributed by atoms with Crippen LogP contribution in [0.4, 0.5) is 0 Å². The molecule has 0 radical (unpaired) electrons. The fraction of sp³-hybridized carbons (Fsp3) is 0.769. The minimum absolute atomic E-state index is 0.0206. The SMILES string of the molecule is Cc1nc(C(C)NC2CC(O)C2(C)C)c(C)s1. The first-order valence-electron chi connectivity index (χ1n) is 6.20. The zero-order chi connectivity index (χ0) is 12.8. The van der Waals surface area contributed by atoms with Crippen LogP contribution in [0, 0.1) is 19.3 Å². The number of rotatable bonds is 3. The molecule has 0 amide bonds. The highest BCUT2D eigenvalue weighted by Crippen LogP contribution is 2.41. The molecular formula is C13H22N2OS. The van der Waals surface area contributed by atoms with E-state index in [1.807, 2.05) is 6.92 Å². The monoisotopic (exact) mass is 254 g/mol. The Morgan fingerprint density at radius 3 is 2.53 bits per heavy atom. The third kappa shape index (κ3) is 2.26. The van der Waals surface area contributed by atoms with Gasteiger partial charge in [-0.05, 0) is 27.2 Å². The molecule has 17 heavy (non-hydrogen) atoms. The standard InChI is InChI=1S/C13H22N2OS/c1-7(12-8(2)17-9(3)15-12)14-10-6-11(16)13(10,4)5/h7,10-11,14,16H,6H2,1-5H3. The minimum atomic E-state index is -0.175. The van der Waals surface area contributed by atoms with Gasteiger partial charge in [0.25, 0.3) is 0 Å². The summed E-state index contributed by atoms with van der Waals surface area (Å²) < 4.78 is 0. The Morgan fingerprint density at radius 2 is 2.12 bits per heavy atom. The van der Waals surface area contributed by atoms with Gasteiger partial charge in [-0.3, -0.25) is 0 Å². The molecule has 1 aliphatic carbocycles. The van der Waals surface area contributed by atoms with Crippen LogP contribution in [0.15, 0.2) is 0 Å². The maximum absolute atomic E-state index is 9.73. The lowest BCUT2D eigenvalue weighted by Crippen LogP contribution is -2.60. The Morgan fingerprint density at radius 1 is 1.47 bits per heavy atom. The van der Waals surface area contributed by atoms with Crippen molar-refractivity contribution in [1.82, 2.24) is 10.3 Å². The van der Waals surface area contributed by atoms with Crippen molar-refractivity contribution < 1.29 is 5.11 Å². The molecule has 1 aromatic heterocycles. The molecule has 1 saturated carbocycles.